The van der Waals surface area contributed by atoms with Gasteiger partial charge in [0, 0.05) is 15.7 Å². The summed E-state index contributed by atoms with van der Waals surface area (Å²) in [6, 6.07) is 10.6. The summed E-state index contributed by atoms with van der Waals surface area (Å²) in [6.45, 7) is 0. The Bertz CT molecular complexity index is 529. The largest absolute Gasteiger partial charge is 0.207 e. The third kappa shape index (κ3) is 3.45. The molecule has 0 saturated carbocycles. The second-order valence-electron chi connectivity index (χ2n) is 3.48. The van der Waals surface area contributed by atoms with Gasteiger partial charge in [-0.25, -0.2) is 8.78 Å². The summed E-state index contributed by atoms with van der Waals surface area (Å²) >= 11 is 7.36. The Morgan fingerprint density at radius 3 is 2.47 bits per heavy atom. The van der Waals surface area contributed by atoms with Crippen LogP contribution in [0.1, 0.15) is 5.56 Å². The maximum Gasteiger partial charge on any atom is 0.124 e. The molecule has 0 bridgehead atoms. The Kier molecular flexibility index (Phi) is 4.02. The fourth-order valence-corrected chi connectivity index (χ4v) is 2.61. The Morgan fingerprint density at radius 1 is 1.00 bits per heavy atom. The summed E-state index contributed by atoms with van der Waals surface area (Å²) in [7, 11) is 0. The van der Waals surface area contributed by atoms with E-state index in [2.05, 4.69) is 0 Å². The molecule has 2 aromatic rings. The molecule has 17 heavy (non-hydrogen) atoms. The summed E-state index contributed by atoms with van der Waals surface area (Å²) in [5, 5.41) is 0.397. The van der Waals surface area contributed by atoms with E-state index in [9.17, 15) is 8.78 Å². The number of hydrogen-bond acceptors (Lipinski definition) is 1. The molecule has 0 aromatic heterocycles. The zero-order valence-electron chi connectivity index (χ0n) is 8.79. The third-order valence-electron chi connectivity index (χ3n) is 2.21. The van der Waals surface area contributed by atoms with E-state index in [-0.39, 0.29) is 11.6 Å². The summed E-state index contributed by atoms with van der Waals surface area (Å²) in [6.07, 6.45) is 0. The van der Waals surface area contributed by atoms with Crippen LogP contribution < -0.4 is 0 Å². The molecule has 0 amide bonds. The van der Waals surface area contributed by atoms with Gasteiger partial charge in [-0.15, -0.1) is 11.8 Å². The maximum atomic E-state index is 12.9. The number of rotatable bonds is 3. The van der Waals surface area contributed by atoms with Crippen molar-refractivity contribution in [3.05, 3.63) is 64.7 Å². The first kappa shape index (κ1) is 12.4. The van der Waals surface area contributed by atoms with E-state index in [1.165, 1.54) is 36.0 Å². The quantitative estimate of drug-likeness (QED) is 0.714. The van der Waals surface area contributed by atoms with Gasteiger partial charge >= 0.3 is 0 Å². The molecule has 0 aliphatic heterocycles. The highest BCUT2D eigenvalue weighted by molar-refractivity contribution is 7.98. The lowest BCUT2D eigenvalue weighted by Gasteiger charge is -2.04. The van der Waals surface area contributed by atoms with E-state index in [1.54, 1.807) is 12.1 Å². The number of thioether (sulfide) groups is 1. The van der Waals surface area contributed by atoms with Crippen LogP contribution >= 0.6 is 23.4 Å². The van der Waals surface area contributed by atoms with Crippen LogP contribution in [0.15, 0.2) is 47.4 Å². The molecule has 0 spiro atoms. The molecule has 2 aromatic carbocycles. The molecule has 4 heteroatoms. The Hall–Kier alpha value is -1.06. The second-order valence-corrected chi connectivity index (χ2v) is 4.94. The molecular formula is C13H9ClF2S. The fourth-order valence-electron chi connectivity index (χ4n) is 1.36. The zero-order chi connectivity index (χ0) is 12.3. The lowest BCUT2D eigenvalue weighted by molar-refractivity contribution is 0.624. The van der Waals surface area contributed by atoms with Crippen molar-refractivity contribution in [3.8, 4) is 0 Å². The zero-order valence-corrected chi connectivity index (χ0v) is 10.4. The lowest BCUT2D eigenvalue weighted by Crippen LogP contribution is -1.85. The summed E-state index contributed by atoms with van der Waals surface area (Å²) in [5.41, 5.74) is 0.835. The smallest absolute Gasteiger partial charge is 0.124 e. The molecule has 0 saturated heterocycles. The minimum atomic E-state index is -0.352. The molecule has 0 aliphatic rings. The summed E-state index contributed by atoms with van der Waals surface area (Å²) < 4.78 is 25.8. The molecular weight excluding hydrogens is 262 g/mol. The van der Waals surface area contributed by atoms with E-state index in [0.717, 1.165) is 10.5 Å². The highest BCUT2D eigenvalue weighted by atomic mass is 35.5. The van der Waals surface area contributed by atoms with E-state index in [4.69, 9.17) is 11.6 Å². The number of benzene rings is 2. The van der Waals surface area contributed by atoms with Crippen LogP contribution in [0.3, 0.4) is 0 Å². The van der Waals surface area contributed by atoms with Gasteiger partial charge in [-0.05, 0) is 35.9 Å². The van der Waals surface area contributed by atoms with Gasteiger partial charge in [-0.3, -0.25) is 0 Å². The minimum Gasteiger partial charge on any atom is -0.207 e. The Morgan fingerprint density at radius 2 is 1.76 bits per heavy atom. The SMILES string of the molecule is Fc1cccc(SCc2ccc(F)cc2Cl)c1. The van der Waals surface area contributed by atoms with Gasteiger partial charge in [0.05, 0.1) is 0 Å². The van der Waals surface area contributed by atoms with E-state index in [1.807, 2.05) is 6.07 Å². The summed E-state index contributed by atoms with van der Waals surface area (Å²) in [5.74, 6) is -0.0301. The monoisotopic (exact) mass is 270 g/mol. The van der Waals surface area contributed by atoms with E-state index >= 15 is 0 Å². The van der Waals surface area contributed by atoms with Gasteiger partial charge < -0.3 is 0 Å². The van der Waals surface area contributed by atoms with Crippen molar-refractivity contribution in [2.45, 2.75) is 10.6 Å². The van der Waals surface area contributed by atoms with Crippen molar-refractivity contribution < 1.29 is 8.78 Å². The molecule has 0 nitrogen and oxygen atoms in total. The molecule has 0 heterocycles. The predicted molar refractivity (Wildman–Crippen MR) is 67.4 cm³/mol. The van der Waals surface area contributed by atoms with Crippen LogP contribution in [0, 0.1) is 11.6 Å². The molecule has 0 atom stereocenters. The number of halogens is 3. The topological polar surface area (TPSA) is 0 Å². The first-order valence-electron chi connectivity index (χ1n) is 4.97. The maximum absolute atomic E-state index is 12.9. The first-order valence-corrected chi connectivity index (χ1v) is 6.34. The average molecular weight is 271 g/mol. The Labute approximate surface area is 108 Å². The van der Waals surface area contributed by atoms with Crippen LogP contribution in [0.4, 0.5) is 8.78 Å². The van der Waals surface area contributed by atoms with Crippen LogP contribution in [0.25, 0.3) is 0 Å². The first-order chi connectivity index (χ1) is 8.15. The van der Waals surface area contributed by atoms with Crippen LogP contribution in [0.2, 0.25) is 5.02 Å². The molecule has 0 unspecified atom stereocenters. The molecule has 0 radical (unpaired) electrons. The third-order valence-corrected chi connectivity index (χ3v) is 3.60. The highest BCUT2D eigenvalue weighted by Crippen LogP contribution is 2.27. The summed E-state index contributed by atoms with van der Waals surface area (Å²) in [4.78, 5) is 0.824. The Balaban J connectivity index is 2.07. The van der Waals surface area contributed by atoms with Gasteiger partial charge in [-0.1, -0.05) is 23.7 Å². The second kappa shape index (κ2) is 5.52. The van der Waals surface area contributed by atoms with Crippen LogP contribution in [-0.4, -0.2) is 0 Å². The van der Waals surface area contributed by atoms with Crippen molar-refractivity contribution >= 4 is 23.4 Å². The van der Waals surface area contributed by atoms with Crippen molar-refractivity contribution in [3.63, 3.8) is 0 Å². The van der Waals surface area contributed by atoms with Gasteiger partial charge in [-0.2, -0.15) is 0 Å². The molecule has 88 valence electrons. The van der Waals surface area contributed by atoms with Crippen molar-refractivity contribution in [2.75, 3.05) is 0 Å². The van der Waals surface area contributed by atoms with Gasteiger partial charge in [0.1, 0.15) is 11.6 Å². The van der Waals surface area contributed by atoms with Crippen LogP contribution in [-0.2, 0) is 5.75 Å². The molecule has 0 N–H and O–H groups in total. The minimum absolute atomic E-state index is 0.264. The highest BCUT2D eigenvalue weighted by Gasteiger charge is 2.03. The van der Waals surface area contributed by atoms with Crippen LogP contribution in [0.5, 0.6) is 0 Å². The van der Waals surface area contributed by atoms with Crippen molar-refractivity contribution in [1.82, 2.24) is 0 Å². The normalized spacial score (nSPS) is 10.5. The van der Waals surface area contributed by atoms with Gasteiger partial charge in [0.2, 0.25) is 0 Å². The van der Waals surface area contributed by atoms with Crippen molar-refractivity contribution in [2.24, 2.45) is 0 Å². The van der Waals surface area contributed by atoms with Crippen molar-refractivity contribution in [1.29, 1.82) is 0 Å². The van der Waals surface area contributed by atoms with E-state index < -0.39 is 0 Å². The predicted octanol–water partition coefficient (Wildman–Crippen LogP) is 4.91. The molecule has 0 fully saturated rings. The standard InChI is InChI=1S/C13H9ClF2S/c14-13-7-11(16)5-4-9(13)8-17-12-3-1-2-10(15)6-12/h1-7H,8H2. The molecule has 2 rings (SSSR count). The van der Waals surface area contributed by atoms with Gasteiger partial charge in [0.15, 0.2) is 0 Å². The number of hydrogen-bond donors (Lipinski definition) is 0. The lowest BCUT2D eigenvalue weighted by atomic mass is 10.2. The fraction of sp³-hybridized carbons (Fsp3) is 0.0769. The van der Waals surface area contributed by atoms with E-state index in [0.29, 0.717) is 10.8 Å². The van der Waals surface area contributed by atoms with Gasteiger partial charge in [0.25, 0.3) is 0 Å². The molecule has 0 aliphatic carbocycles. The average Bonchev–Trinajstić information content (AvgIpc) is 2.28.